The number of aromatic nitrogens is 1. The number of nitriles is 1. The average molecular weight is 271 g/mol. The molecule has 0 aromatic carbocycles. The first-order valence-electron chi connectivity index (χ1n) is 5.39. The van der Waals surface area contributed by atoms with E-state index in [9.17, 15) is 12.8 Å². The van der Waals surface area contributed by atoms with Crippen LogP contribution in [0.3, 0.4) is 0 Å². The zero-order valence-corrected chi connectivity index (χ0v) is 11.0. The highest BCUT2D eigenvalue weighted by atomic mass is 32.2. The maximum Gasteiger partial charge on any atom is 0.244 e. The molecule has 1 rings (SSSR count). The Balaban J connectivity index is 3.14. The molecule has 0 spiro atoms. The van der Waals surface area contributed by atoms with Gasteiger partial charge in [-0.3, -0.25) is 4.98 Å². The van der Waals surface area contributed by atoms with Crippen LogP contribution in [-0.2, 0) is 10.0 Å². The maximum absolute atomic E-state index is 13.0. The number of rotatable bonds is 5. The van der Waals surface area contributed by atoms with Crippen LogP contribution in [0.1, 0.15) is 20.3 Å². The zero-order chi connectivity index (χ0) is 13.8. The third kappa shape index (κ3) is 3.24. The molecular weight excluding hydrogens is 257 g/mol. The van der Waals surface area contributed by atoms with Gasteiger partial charge in [-0.25, -0.2) is 12.8 Å². The van der Waals surface area contributed by atoms with Gasteiger partial charge in [-0.1, -0.05) is 0 Å². The number of nitrogens with zero attached hydrogens (tertiary/aromatic N) is 3. The Hall–Kier alpha value is -1.52. The second kappa shape index (κ2) is 5.89. The number of sulfonamides is 1. The van der Waals surface area contributed by atoms with Crippen molar-refractivity contribution in [2.75, 3.05) is 6.54 Å². The first-order valence-corrected chi connectivity index (χ1v) is 6.83. The van der Waals surface area contributed by atoms with Crippen molar-refractivity contribution in [3.05, 3.63) is 24.3 Å². The third-order valence-electron chi connectivity index (χ3n) is 2.31. The Morgan fingerprint density at radius 3 is 2.67 bits per heavy atom. The summed E-state index contributed by atoms with van der Waals surface area (Å²) < 4.78 is 38.7. The minimum Gasteiger partial charge on any atom is -0.260 e. The fourth-order valence-corrected chi connectivity index (χ4v) is 3.10. The monoisotopic (exact) mass is 271 g/mol. The molecule has 7 heteroatoms. The molecule has 0 saturated carbocycles. The van der Waals surface area contributed by atoms with Crippen molar-refractivity contribution in [2.45, 2.75) is 31.2 Å². The van der Waals surface area contributed by atoms with Crippen LogP contribution < -0.4 is 0 Å². The van der Waals surface area contributed by atoms with Crippen LogP contribution >= 0.6 is 0 Å². The van der Waals surface area contributed by atoms with E-state index < -0.39 is 15.8 Å². The summed E-state index contributed by atoms with van der Waals surface area (Å²) in [6.45, 7) is 3.47. The van der Waals surface area contributed by atoms with Gasteiger partial charge in [0, 0.05) is 25.2 Å². The Morgan fingerprint density at radius 1 is 1.50 bits per heavy atom. The summed E-state index contributed by atoms with van der Waals surface area (Å²) in [5, 5.41) is 8.53. The minimum absolute atomic E-state index is 0.0764. The summed E-state index contributed by atoms with van der Waals surface area (Å²) in [5.74, 6) is -0.708. The molecular formula is C11H14FN3O2S. The molecule has 1 heterocycles. The molecule has 0 atom stereocenters. The maximum atomic E-state index is 13.0. The predicted molar refractivity (Wildman–Crippen MR) is 63.5 cm³/mol. The molecule has 0 amide bonds. The van der Waals surface area contributed by atoms with Gasteiger partial charge in [0.15, 0.2) is 0 Å². The largest absolute Gasteiger partial charge is 0.260 e. The molecule has 1 aromatic heterocycles. The highest BCUT2D eigenvalue weighted by Crippen LogP contribution is 2.18. The highest BCUT2D eigenvalue weighted by Gasteiger charge is 2.27. The van der Waals surface area contributed by atoms with Gasteiger partial charge in [0.1, 0.15) is 10.7 Å². The Kier molecular flexibility index (Phi) is 4.76. The van der Waals surface area contributed by atoms with E-state index in [2.05, 4.69) is 4.98 Å². The number of halogens is 1. The van der Waals surface area contributed by atoms with Crippen LogP contribution in [0.25, 0.3) is 0 Å². The smallest absolute Gasteiger partial charge is 0.244 e. The molecule has 0 fully saturated rings. The molecule has 0 radical (unpaired) electrons. The van der Waals surface area contributed by atoms with Crippen molar-refractivity contribution < 1.29 is 12.8 Å². The normalized spacial score (nSPS) is 11.8. The van der Waals surface area contributed by atoms with Crippen molar-refractivity contribution in [2.24, 2.45) is 0 Å². The fraction of sp³-hybridized carbons (Fsp3) is 0.455. The lowest BCUT2D eigenvalue weighted by Gasteiger charge is -2.24. The molecule has 0 unspecified atom stereocenters. The van der Waals surface area contributed by atoms with Gasteiger partial charge in [0.2, 0.25) is 10.0 Å². The quantitative estimate of drug-likeness (QED) is 0.814. The van der Waals surface area contributed by atoms with Gasteiger partial charge in [0.05, 0.1) is 12.3 Å². The van der Waals surface area contributed by atoms with Gasteiger partial charge in [-0.2, -0.15) is 9.57 Å². The third-order valence-corrected chi connectivity index (χ3v) is 4.35. The van der Waals surface area contributed by atoms with Crippen LogP contribution in [-0.4, -0.2) is 30.3 Å². The van der Waals surface area contributed by atoms with Crippen molar-refractivity contribution in [3.63, 3.8) is 0 Å². The molecule has 1 aromatic rings. The van der Waals surface area contributed by atoms with Gasteiger partial charge in [-0.15, -0.1) is 0 Å². The summed E-state index contributed by atoms with van der Waals surface area (Å²) in [5.41, 5.74) is 0. The van der Waals surface area contributed by atoms with Gasteiger partial charge >= 0.3 is 0 Å². The van der Waals surface area contributed by atoms with E-state index in [-0.39, 0.29) is 23.9 Å². The molecule has 0 aliphatic rings. The van der Waals surface area contributed by atoms with E-state index in [0.29, 0.717) is 0 Å². The van der Waals surface area contributed by atoms with Crippen LogP contribution in [0, 0.1) is 17.1 Å². The minimum atomic E-state index is -3.82. The van der Waals surface area contributed by atoms with E-state index in [1.165, 1.54) is 0 Å². The van der Waals surface area contributed by atoms with Crippen molar-refractivity contribution in [1.29, 1.82) is 5.26 Å². The first kappa shape index (κ1) is 14.5. The standard InChI is InChI=1S/C11H14FN3O2S/c1-9(2)15(5-3-4-13)18(16,17)11-6-10(12)7-14-8-11/h6-9H,3,5H2,1-2H3. The molecule has 98 valence electrons. The fourth-order valence-electron chi connectivity index (χ4n) is 1.48. The average Bonchev–Trinajstić information content (AvgIpc) is 2.28. The van der Waals surface area contributed by atoms with Crippen molar-refractivity contribution in [3.8, 4) is 6.07 Å². The molecule has 0 aliphatic heterocycles. The van der Waals surface area contributed by atoms with Crippen molar-refractivity contribution >= 4 is 10.0 Å². The van der Waals surface area contributed by atoms with E-state index in [4.69, 9.17) is 5.26 Å². The summed E-state index contributed by atoms with van der Waals surface area (Å²) in [4.78, 5) is 3.33. The molecule has 0 saturated heterocycles. The Labute approximate surface area is 106 Å². The van der Waals surface area contributed by atoms with Crippen LogP contribution in [0.5, 0.6) is 0 Å². The number of hydrogen-bond donors (Lipinski definition) is 0. The number of pyridine rings is 1. The van der Waals surface area contributed by atoms with Crippen molar-refractivity contribution in [1.82, 2.24) is 9.29 Å². The summed E-state index contributed by atoms with van der Waals surface area (Å²) in [7, 11) is -3.82. The highest BCUT2D eigenvalue weighted by molar-refractivity contribution is 7.89. The van der Waals surface area contributed by atoms with Gasteiger partial charge < -0.3 is 0 Å². The molecule has 18 heavy (non-hydrogen) atoms. The second-order valence-electron chi connectivity index (χ2n) is 3.96. The summed E-state index contributed by atoms with van der Waals surface area (Å²) >= 11 is 0. The molecule has 0 N–H and O–H groups in total. The SMILES string of the molecule is CC(C)N(CCC#N)S(=O)(=O)c1cncc(F)c1. The lowest BCUT2D eigenvalue weighted by Crippen LogP contribution is -2.37. The lowest BCUT2D eigenvalue weighted by atomic mass is 10.3. The summed E-state index contributed by atoms with van der Waals surface area (Å²) in [6, 6.07) is 2.50. The van der Waals surface area contributed by atoms with E-state index in [1.807, 2.05) is 6.07 Å². The van der Waals surface area contributed by atoms with Crippen LogP contribution in [0.15, 0.2) is 23.4 Å². The zero-order valence-electron chi connectivity index (χ0n) is 10.2. The topological polar surface area (TPSA) is 74.1 Å². The Bertz CT molecular complexity index is 552. The van der Waals surface area contributed by atoms with Crippen LogP contribution in [0.4, 0.5) is 4.39 Å². The summed E-state index contributed by atoms with van der Waals surface area (Å²) in [6.07, 6.45) is 2.12. The van der Waals surface area contributed by atoms with E-state index in [1.54, 1.807) is 13.8 Å². The van der Waals surface area contributed by atoms with Gasteiger partial charge in [-0.05, 0) is 19.9 Å². The lowest BCUT2D eigenvalue weighted by molar-refractivity contribution is 0.360. The number of hydrogen-bond acceptors (Lipinski definition) is 4. The van der Waals surface area contributed by atoms with E-state index >= 15 is 0 Å². The van der Waals surface area contributed by atoms with Crippen LogP contribution in [0.2, 0.25) is 0 Å². The van der Waals surface area contributed by atoms with E-state index in [0.717, 1.165) is 22.8 Å². The predicted octanol–water partition coefficient (Wildman–Crippen LogP) is 1.53. The molecule has 0 bridgehead atoms. The van der Waals surface area contributed by atoms with Gasteiger partial charge in [0.25, 0.3) is 0 Å². The first-order chi connectivity index (χ1) is 8.39. The molecule has 0 aliphatic carbocycles. The Morgan fingerprint density at radius 2 is 2.17 bits per heavy atom. The molecule has 5 nitrogen and oxygen atoms in total. The second-order valence-corrected chi connectivity index (χ2v) is 5.85.